The molecule has 1 unspecified atom stereocenters. The number of aromatic nitrogens is 1. The summed E-state index contributed by atoms with van der Waals surface area (Å²) < 4.78 is 5.86. The average Bonchev–Trinajstić information content (AvgIpc) is 3.35. The third-order valence-electron chi connectivity index (χ3n) is 5.87. The van der Waals surface area contributed by atoms with Crippen LogP contribution in [0, 0.1) is 6.92 Å². The van der Waals surface area contributed by atoms with Crippen LogP contribution in [0.25, 0.3) is 10.6 Å². The van der Waals surface area contributed by atoms with Crippen molar-refractivity contribution in [3.8, 4) is 16.3 Å². The number of aryl methyl sites for hydroxylation is 1. The molecule has 1 amide bonds. The quantitative estimate of drug-likeness (QED) is 0.357. The van der Waals surface area contributed by atoms with E-state index in [-0.39, 0.29) is 17.5 Å². The van der Waals surface area contributed by atoms with Crippen LogP contribution in [0.15, 0.2) is 65.9 Å². The monoisotopic (exact) mass is 490 g/mol. The van der Waals surface area contributed by atoms with Crippen molar-refractivity contribution in [2.45, 2.75) is 52.7 Å². The van der Waals surface area contributed by atoms with Gasteiger partial charge in [0.1, 0.15) is 10.8 Å². The smallest absolute Gasteiger partial charge is 0.290 e. The molecule has 6 nitrogen and oxygen atoms in total. The standard InChI is InChI=1S/C28H30N2O4S/c1-5-6-15-30-23(20-13-10-14-21(16-20)34-17(2)3)22(25(32)28(30)33)24(31)26-18(4)29-27(35-26)19-11-8-7-9-12-19/h7-14,16-17,23,32H,5-6,15H2,1-4H3. The summed E-state index contributed by atoms with van der Waals surface area (Å²) >= 11 is 1.28. The zero-order chi connectivity index (χ0) is 25.1. The van der Waals surface area contributed by atoms with Crippen molar-refractivity contribution in [2.24, 2.45) is 0 Å². The molecule has 182 valence electrons. The molecule has 0 aliphatic carbocycles. The number of aliphatic hydroxyl groups excluding tert-OH is 1. The van der Waals surface area contributed by atoms with Gasteiger partial charge in [-0.1, -0.05) is 55.8 Å². The molecule has 3 aromatic rings. The lowest BCUT2D eigenvalue weighted by Crippen LogP contribution is -2.32. The Morgan fingerprint density at radius 2 is 1.91 bits per heavy atom. The summed E-state index contributed by atoms with van der Waals surface area (Å²) in [6.45, 7) is 8.14. The molecular formula is C28H30N2O4S. The number of amides is 1. The van der Waals surface area contributed by atoms with Crippen LogP contribution >= 0.6 is 11.3 Å². The van der Waals surface area contributed by atoms with Crippen molar-refractivity contribution >= 4 is 23.0 Å². The van der Waals surface area contributed by atoms with Crippen molar-refractivity contribution in [2.75, 3.05) is 6.54 Å². The molecule has 1 aromatic heterocycles. The van der Waals surface area contributed by atoms with Gasteiger partial charge in [0, 0.05) is 12.1 Å². The summed E-state index contributed by atoms with van der Waals surface area (Å²) in [5.41, 5.74) is 2.32. The number of Topliss-reactive ketones (excluding diaryl/α,β-unsaturated/α-hetero) is 1. The third kappa shape index (κ3) is 5.00. The first-order chi connectivity index (χ1) is 16.8. The molecule has 1 N–H and O–H groups in total. The SMILES string of the molecule is CCCCN1C(=O)C(O)=C(C(=O)c2sc(-c3ccccc3)nc2C)C1c1cccc(OC(C)C)c1. The second-order valence-electron chi connectivity index (χ2n) is 8.88. The molecule has 7 heteroatoms. The van der Waals surface area contributed by atoms with E-state index < -0.39 is 17.7 Å². The molecule has 0 radical (unpaired) electrons. The highest BCUT2D eigenvalue weighted by atomic mass is 32.1. The van der Waals surface area contributed by atoms with E-state index in [1.165, 1.54) is 11.3 Å². The lowest BCUT2D eigenvalue weighted by Gasteiger charge is -2.27. The van der Waals surface area contributed by atoms with Gasteiger partial charge in [0.05, 0.1) is 28.3 Å². The number of carbonyl (C=O) groups is 2. The molecule has 35 heavy (non-hydrogen) atoms. The van der Waals surface area contributed by atoms with E-state index in [0.29, 0.717) is 22.9 Å². The minimum Gasteiger partial charge on any atom is -0.503 e. The van der Waals surface area contributed by atoms with Crippen LogP contribution in [-0.2, 0) is 4.79 Å². The molecule has 4 rings (SSSR count). The first kappa shape index (κ1) is 24.7. The van der Waals surface area contributed by atoms with Gasteiger partial charge in [-0.05, 0) is 44.9 Å². The van der Waals surface area contributed by atoms with Crippen LogP contribution < -0.4 is 4.74 Å². The van der Waals surface area contributed by atoms with Crippen molar-refractivity contribution < 1.29 is 19.4 Å². The van der Waals surface area contributed by atoms with Gasteiger partial charge in [-0.25, -0.2) is 4.98 Å². The fourth-order valence-corrected chi connectivity index (χ4v) is 5.28. The van der Waals surface area contributed by atoms with Gasteiger partial charge in [0.2, 0.25) is 5.78 Å². The number of benzene rings is 2. The number of rotatable bonds is 9. The summed E-state index contributed by atoms with van der Waals surface area (Å²) in [5.74, 6) is -0.723. The Morgan fingerprint density at radius 3 is 2.60 bits per heavy atom. The molecule has 0 saturated heterocycles. The zero-order valence-corrected chi connectivity index (χ0v) is 21.3. The van der Waals surface area contributed by atoms with Gasteiger partial charge in [0.15, 0.2) is 5.76 Å². The number of nitrogens with zero attached hydrogens (tertiary/aromatic N) is 2. The van der Waals surface area contributed by atoms with E-state index in [1.54, 1.807) is 11.8 Å². The summed E-state index contributed by atoms with van der Waals surface area (Å²) in [6.07, 6.45) is 1.62. The molecule has 0 saturated carbocycles. The van der Waals surface area contributed by atoms with Gasteiger partial charge in [-0.3, -0.25) is 9.59 Å². The highest BCUT2D eigenvalue weighted by Gasteiger charge is 2.44. The summed E-state index contributed by atoms with van der Waals surface area (Å²) in [6, 6.07) is 16.4. The van der Waals surface area contributed by atoms with Crippen LogP contribution in [0.5, 0.6) is 5.75 Å². The second-order valence-corrected chi connectivity index (χ2v) is 9.88. The van der Waals surface area contributed by atoms with E-state index in [0.717, 1.165) is 29.0 Å². The molecule has 2 heterocycles. The normalized spacial score (nSPS) is 15.9. The van der Waals surface area contributed by atoms with Crippen molar-refractivity contribution in [3.05, 3.63) is 82.1 Å². The van der Waals surface area contributed by atoms with E-state index in [4.69, 9.17) is 4.74 Å². The highest BCUT2D eigenvalue weighted by molar-refractivity contribution is 7.17. The first-order valence-electron chi connectivity index (χ1n) is 11.9. The maximum Gasteiger partial charge on any atom is 0.290 e. The van der Waals surface area contributed by atoms with Crippen molar-refractivity contribution in [1.82, 2.24) is 9.88 Å². The summed E-state index contributed by atoms with van der Waals surface area (Å²) in [7, 11) is 0. The van der Waals surface area contributed by atoms with E-state index >= 15 is 0 Å². The Labute approximate surface area is 209 Å². The highest BCUT2D eigenvalue weighted by Crippen LogP contribution is 2.41. The van der Waals surface area contributed by atoms with Gasteiger partial charge >= 0.3 is 0 Å². The lowest BCUT2D eigenvalue weighted by atomic mass is 9.94. The Morgan fingerprint density at radius 1 is 1.17 bits per heavy atom. The van der Waals surface area contributed by atoms with Gasteiger partial charge in [-0.15, -0.1) is 11.3 Å². The van der Waals surface area contributed by atoms with Gasteiger partial charge in [-0.2, -0.15) is 0 Å². The molecule has 0 fully saturated rings. The molecular weight excluding hydrogens is 460 g/mol. The van der Waals surface area contributed by atoms with Crippen LogP contribution in [0.1, 0.15) is 60.6 Å². The number of carbonyl (C=O) groups excluding carboxylic acids is 2. The summed E-state index contributed by atoms with van der Waals surface area (Å²) in [5, 5.41) is 11.7. The largest absolute Gasteiger partial charge is 0.503 e. The Kier molecular flexibility index (Phi) is 7.36. The molecule has 0 spiro atoms. The maximum absolute atomic E-state index is 13.9. The Hall–Kier alpha value is -3.45. The van der Waals surface area contributed by atoms with E-state index in [2.05, 4.69) is 4.98 Å². The topological polar surface area (TPSA) is 79.7 Å². The summed E-state index contributed by atoms with van der Waals surface area (Å²) in [4.78, 5) is 33.6. The minimum atomic E-state index is -0.695. The fraction of sp³-hybridized carbons (Fsp3) is 0.321. The molecule has 1 aliphatic heterocycles. The van der Waals surface area contributed by atoms with Gasteiger partial charge < -0.3 is 14.7 Å². The van der Waals surface area contributed by atoms with Crippen molar-refractivity contribution in [1.29, 1.82) is 0 Å². The predicted octanol–water partition coefficient (Wildman–Crippen LogP) is 6.28. The number of ether oxygens (including phenoxy) is 1. The molecule has 2 aromatic carbocycles. The average molecular weight is 491 g/mol. The lowest BCUT2D eigenvalue weighted by molar-refractivity contribution is -0.129. The Bertz CT molecular complexity index is 1260. The number of hydrogen-bond donors (Lipinski definition) is 1. The number of aliphatic hydroxyl groups is 1. The number of hydrogen-bond acceptors (Lipinski definition) is 6. The molecule has 1 aliphatic rings. The van der Waals surface area contributed by atoms with Crippen LogP contribution in [0.3, 0.4) is 0 Å². The minimum absolute atomic E-state index is 0.0204. The maximum atomic E-state index is 13.9. The zero-order valence-electron chi connectivity index (χ0n) is 20.4. The number of unbranched alkanes of at least 4 members (excludes halogenated alkanes) is 1. The van der Waals surface area contributed by atoms with E-state index in [9.17, 15) is 14.7 Å². The number of ketones is 1. The van der Waals surface area contributed by atoms with Gasteiger partial charge in [0.25, 0.3) is 5.91 Å². The Balaban J connectivity index is 1.78. The van der Waals surface area contributed by atoms with Crippen LogP contribution in [0.2, 0.25) is 0 Å². The van der Waals surface area contributed by atoms with Crippen molar-refractivity contribution in [3.63, 3.8) is 0 Å². The van der Waals surface area contributed by atoms with E-state index in [1.807, 2.05) is 75.4 Å². The molecule has 1 atom stereocenters. The number of thiazole rings is 1. The van der Waals surface area contributed by atoms with Crippen LogP contribution in [-0.4, -0.2) is 39.3 Å². The van der Waals surface area contributed by atoms with Crippen LogP contribution in [0.4, 0.5) is 0 Å². The first-order valence-corrected chi connectivity index (χ1v) is 12.7. The predicted molar refractivity (Wildman–Crippen MR) is 138 cm³/mol. The second kappa shape index (κ2) is 10.4. The fourth-order valence-electron chi connectivity index (χ4n) is 4.25. The molecule has 0 bridgehead atoms. The third-order valence-corrected chi connectivity index (χ3v) is 7.08.